The fourth-order valence-corrected chi connectivity index (χ4v) is 5.80. The summed E-state index contributed by atoms with van der Waals surface area (Å²) in [5.74, 6) is -2.02. The molecule has 0 bridgehead atoms. The van der Waals surface area contributed by atoms with E-state index < -0.39 is 24.5 Å². The van der Waals surface area contributed by atoms with Gasteiger partial charge in [0, 0.05) is 12.8 Å². The third kappa shape index (κ3) is 38.2. The molecule has 6 nitrogen and oxygen atoms in total. The van der Waals surface area contributed by atoms with Crippen LogP contribution in [0.15, 0.2) is 48.6 Å². The first kappa shape index (κ1) is 47.4. The lowest BCUT2D eigenvalue weighted by molar-refractivity contribution is -0.163. The first-order valence-electron chi connectivity index (χ1n) is 20.7. The summed E-state index contributed by atoms with van der Waals surface area (Å²) in [6.45, 7) is 4.08. The number of ether oxygens (including phenoxy) is 2. The Bertz CT molecular complexity index is 854. The van der Waals surface area contributed by atoms with Crippen LogP contribution in [0.3, 0.4) is 0 Å². The van der Waals surface area contributed by atoms with Crippen LogP contribution in [0.1, 0.15) is 200 Å². The molecule has 0 aromatic carbocycles. The standard InChI is InChI=1S/C44H76O6/c1-3-5-7-9-11-13-15-17-19-21-23-25-27-29-31-33-36-41(50-44(48)40-49-43(47)39-35-38-42(45)46)37-34-32-30-28-26-24-22-20-18-16-14-12-10-8-6-4-2/h11-14,17-20,41H,3-10,15-16,21-40H2,1-2H3,(H,45,46)/b13-11-,14-12-,19-17-,20-18-. The number of allylic oxidation sites excluding steroid dienone is 8. The molecular weight excluding hydrogens is 624 g/mol. The van der Waals surface area contributed by atoms with Gasteiger partial charge in [-0.15, -0.1) is 0 Å². The van der Waals surface area contributed by atoms with Crippen molar-refractivity contribution in [1.82, 2.24) is 0 Å². The van der Waals surface area contributed by atoms with E-state index in [0.717, 1.165) is 64.2 Å². The molecule has 0 aliphatic heterocycles. The van der Waals surface area contributed by atoms with Gasteiger partial charge in [0.1, 0.15) is 6.10 Å². The van der Waals surface area contributed by atoms with Crippen LogP contribution >= 0.6 is 0 Å². The van der Waals surface area contributed by atoms with E-state index in [0.29, 0.717) is 0 Å². The third-order valence-electron chi connectivity index (χ3n) is 8.87. The number of carbonyl (C=O) groups excluding carboxylic acids is 2. The maximum absolute atomic E-state index is 12.5. The van der Waals surface area contributed by atoms with Gasteiger partial charge in [0.25, 0.3) is 0 Å². The summed E-state index contributed by atoms with van der Waals surface area (Å²) in [6, 6.07) is 0. The molecule has 0 fully saturated rings. The van der Waals surface area contributed by atoms with Crippen molar-refractivity contribution in [3.8, 4) is 0 Å². The SMILES string of the molecule is CCCCC/C=C\C/C=C\CCCCCCCCC(CCCCCCCC/C=C\C/C=C\CCCCC)OC(=O)COC(=O)CCCC(=O)O. The van der Waals surface area contributed by atoms with Crippen molar-refractivity contribution in [1.29, 1.82) is 0 Å². The van der Waals surface area contributed by atoms with Gasteiger partial charge in [-0.2, -0.15) is 0 Å². The molecule has 0 aromatic heterocycles. The van der Waals surface area contributed by atoms with E-state index in [4.69, 9.17) is 14.6 Å². The van der Waals surface area contributed by atoms with Crippen molar-refractivity contribution in [2.75, 3.05) is 6.61 Å². The summed E-state index contributed by atoms with van der Waals surface area (Å²) < 4.78 is 10.8. The number of esters is 2. The maximum Gasteiger partial charge on any atom is 0.344 e. The van der Waals surface area contributed by atoms with Crippen molar-refractivity contribution >= 4 is 17.9 Å². The zero-order chi connectivity index (χ0) is 36.6. The van der Waals surface area contributed by atoms with Crippen LogP contribution in [-0.4, -0.2) is 35.7 Å². The molecule has 0 rings (SSSR count). The summed E-state index contributed by atoms with van der Waals surface area (Å²) in [5, 5.41) is 8.73. The highest BCUT2D eigenvalue weighted by Crippen LogP contribution is 2.18. The molecule has 0 heterocycles. The third-order valence-corrected chi connectivity index (χ3v) is 8.87. The molecule has 0 amide bonds. The van der Waals surface area contributed by atoms with Gasteiger partial charge in [-0.3, -0.25) is 9.59 Å². The summed E-state index contributed by atoms with van der Waals surface area (Å²) in [5.41, 5.74) is 0. The lowest BCUT2D eigenvalue weighted by atomic mass is 10.0. The quantitative estimate of drug-likeness (QED) is 0.0394. The molecule has 0 radical (unpaired) electrons. The number of rotatable bonds is 37. The maximum atomic E-state index is 12.5. The Morgan fingerprint density at radius 1 is 0.480 bits per heavy atom. The van der Waals surface area contributed by atoms with Crippen LogP contribution in [0, 0.1) is 0 Å². The van der Waals surface area contributed by atoms with Gasteiger partial charge < -0.3 is 14.6 Å². The van der Waals surface area contributed by atoms with Crippen molar-refractivity contribution in [2.24, 2.45) is 0 Å². The van der Waals surface area contributed by atoms with Crippen LogP contribution in [0.4, 0.5) is 0 Å². The van der Waals surface area contributed by atoms with Crippen LogP contribution in [0.2, 0.25) is 0 Å². The molecule has 1 N–H and O–H groups in total. The predicted octanol–water partition coefficient (Wildman–Crippen LogP) is 13.1. The number of unbranched alkanes of at least 4 members (excludes halogenated alkanes) is 18. The Morgan fingerprint density at radius 3 is 1.30 bits per heavy atom. The van der Waals surface area contributed by atoms with E-state index >= 15 is 0 Å². The zero-order valence-corrected chi connectivity index (χ0v) is 32.4. The lowest BCUT2D eigenvalue weighted by Gasteiger charge is -2.18. The van der Waals surface area contributed by atoms with Crippen LogP contribution < -0.4 is 0 Å². The summed E-state index contributed by atoms with van der Waals surface area (Å²) in [7, 11) is 0. The second kappa shape index (κ2) is 39.2. The number of carboxylic acids is 1. The Hall–Kier alpha value is -2.63. The molecule has 288 valence electrons. The molecule has 0 aliphatic rings. The number of hydrogen-bond donors (Lipinski definition) is 1. The highest BCUT2D eigenvalue weighted by molar-refractivity contribution is 5.76. The van der Waals surface area contributed by atoms with E-state index in [2.05, 4.69) is 62.5 Å². The molecule has 0 saturated heterocycles. The summed E-state index contributed by atoms with van der Waals surface area (Å²) >= 11 is 0. The zero-order valence-electron chi connectivity index (χ0n) is 32.4. The van der Waals surface area contributed by atoms with Gasteiger partial charge in [-0.1, -0.05) is 140 Å². The first-order valence-corrected chi connectivity index (χ1v) is 20.7. The fourth-order valence-electron chi connectivity index (χ4n) is 5.80. The average molecular weight is 701 g/mol. The van der Waals surface area contributed by atoms with Crippen molar-refractivity contribution in [2.45, 2.75) is 206 Å². The van der Waals surface area contributed by atoms with E-state index in [1.807, 2.05) is 0 Å². The van der Waals surface area contributed by atoms with Gasteiger partial charge >= 0.3 is 17.9 Å². The van der Waals surface area contributed by atoms with Crippen LogP contribution in [0.5, 0.6) is 0 Å². The minimum Gasteiger partial charge on any atom is -0.481 e. The normalized spacial score (nSPS) is 12.0. The van der Waals surface area contributed by atoms with Gasteiger partial charge in [-0.05, 0) is 96.3 Å². The summed E-state index contributed by atoms with van der Waals surface area (Å²) in [4.78, 5) is 35.0. The van der Waals surface area contributed by atoms with E-state index in [9.17, 15) is 14.4 Å². The first-order chi connectivity index (χ1) is 24.5. The molecule has 0 atom stereocenters. The second-order valence-corrected chi connectivity index (χ2v) is 13.8. The van der Waals surface area contributed by atoms with Gasteiger partial charge in [-0.25, -0.2) is 4.79 Å². The minimum atomic E-state index is -0.951. The molecule has 0 unspecified atom stereocenters. The number of hydrogen-bond acceptors (Lipinski definition) is 5. The minimum absolute atomic E-state index is 0.0113. The molecule has 50 heavy (non-hydrogen) atoms. The topological polar surface area (TPSA) is 89.9 Å². The number of aliphatic carboxylic acids is 1. The number of carbonyl (C=O) groups is 3. The van der Waals surface area contributed by atoms with E-state index in [1.165, 1.54) is 103 Å². The Morgan fingerprint density at radius 2 is 0.880 bits per heavy atom. The lowest BCUT2D eigenvalue weighted by Crippen LogP contribution is -2.23. The molecule has 0 spiro atoms. The van der Waals surface area contributed by atoms with Gasteiger partial charge in [0.2, 0.25) is 0 Å². The van der Waals surface area contributed by atoms with Crippen molar-refractivity contribution < 1.29 is 29.0 Å². The molecule has 0 aliphatic carbocycles. The van der Waals surface area contributed by atoms with Gasteiger partial charge in [0.15, 0.2) is 6.61 Å². The molecule has 6 heteroatoms. The smallest absolute Gasteiger partial charge is 0.344 e. The predicted molar refractivity (Wildman–Crippen MR) is 210 cm³/mol. The Kier molecular flexibility index (Phi) is 37.1. The monoisotopic (exact) mass is 701 g/mol. The van der Waals surface area contributed by atoms with Crippen LogP contribution in [-0.2, 0) is 23.9 Å². The van der Waals surface area contributed by atoms with Crippen molar-refractivity contribution in [3.63, 3.8) is 0 Å². The summed E-state index contributed by atoms with van der Waals surface area (Å²) in [6.07, 6.45) is 48.8. The highest BCUT2D eigenvalue weighted by atomic mass is 16.6. The highest BCUT2D eigenvalue weighted by Gasteiger charge is 2.16. The molecule has 0 saturated carbocycles. The number of carboxylic acid groups (broad SMARTS) is 1. The fraction of sp³-hybridized carbons (Fsp3) is 0.750. The van der Waals surface area contributed by atoms with Crippen molar-refractivity contribution in [3.05, 3.63) is 48.6 Å². The Balaban J connectivity index is 4.23. The molecular formula is C44H76O6. The van der Waals surface area contributed by atoms with E-state index in [1.54, 1.807) is 0 Å². The van der Waals surface area contributed by atoms with E-state index in [-0.39, 0.29) is 25.4 Å². The molecule has 0 aromatic rings. The largest absolute Gasteiger partial charge is 0.481 e. The Labute approximate surface area is 307 Å². The van der Waals surface area contributed by atoms with Crippen LogP contribution in [0.25, 0.3) is 0 Å². The second-order valence-electron chi connectivity index (χ2n) is 13.8. The van der Waals surface area contributed by atoms with Gasteiger partial charge in [0.05, 0.1) is 0 Å². The average Bonchev–Trinajstić information content (AvgIpc) is 3.10.